The Labute approximate surface area is 242 Å². The van der Waals surface area contributed by atoms with Crippen LogP contribution in [0.3, 0.4) is 0 Å². The van der Waals surface area contributed by atoms with Crippen molar-refractivity contribution >= 4 is 43.2 Å². The molecular formula is C24H27N6O12P. The first-order valence-corrected chi connectivity index (χ1v) is 14.3. The minimum atomic E-state index is -4.33. The van der Waals surface area contributed by atoms with Gasteiger partial charge in [-0.2, -0.15) is 14.0 Å². The summed E-state index contributed by atoms with van der Waals surface area (Å²) in [7, 11) is -3.10. The lowest BCUT2D eigenvalue weighted by Crippen LogP contribution is -2.45. The van der Waals surface area contributed by atoms with Gasteiger partial charge < -0.3 is 35.7 Å². The van der Waals surface area contributed by atoms with Crippen molar-refractivity contribution in [3.63, 3.8) is 0 Å². The van der Waals surface area contributed by atoms with Crippen molar-refractivity contribution < 1.29 is 52.2 Å². The number of carbonyl (C=O) groups is 3. The molecule has 3 aromatic rings. The molecule has 1 unspecified atom stereocenters. The monoisotopic (exact) mass is 622 g/mol. The number of fused-ring (bicyclic) bond motifs is 2. The number of carboxylic acid groups (broad SMARTS) is 1. The number of rotatable bonds is 10. The average Bonchev–Trinajstić information content (AvgIpc) is 3.53. The number of ether oxygens (including phenoxy) is 3. The summed E-state index contributed by atoms with van der Waals surface area (Å²) in [4.78, 5) is 71.5. The number of anilines is 1. The molecule has 2 fully saturated rings. The van der Waals surface area contributed by atoms with Crippen LogP contribution in [0.1, 0.15) is 24.6 Å². The maximum atomic E-state index is 13.6. The van der Waals surface area contributed by atoms with E-state index in [0.29, 0.717) is 5.56 Å². The largest absolute Gasteiger partial charge is 0.598 e. The summed E-state index contributed by atoms with van der Waals surface area (Å²) in [5.74, 6) is -2.80. The van der Waals surface area contributed by atoms with E-state index in [9.17, 15) is 24.1 Å². The van der Waals surface area contributed by atoms with Crippen molar-refractivity contribution in [2.24, 2.45) is 5.73 Å². The Hall–Kier alpha value is -4.19. The summed E-state index contributed by atoms with van der Waals surface area (Å²) >= 11 is 0. The third-order valence-electron chi connectivity index (χ3n) is 6.57. The van der Waals surface area contributed by atoms with E-state index in [2.05, 4.69) is 19.7 Å². The second-order valence-corrected chi connectivity index (χ2v) is 11.1. The topological polar surface area (TPSA) is 265 Å². The van der Waals surface area contributed by atoms with E-state index in [1.165, 1.54) is 30.1 Å². The maximum absolute atomic E-state index is 13.6. The summed E-state index contributed by atoms with van der Waals surface area (Å²) in [5.41, 5.74) is 11.5. The first-order valence-electron chi connectivity index (χ1n) is 12.8. The van der Waals surface area contributed by atoms with Crippen LogP contribution < -0.4 is 26.4 Å². The number of phosphoric ester groups is 1. The quantitative estimate of drug-likeness (QED) is 0.155. The number of carbonyl (C=O) groups excluding carboxylic acids is 2. The fourth-order valence-corrected chi connectivity index (χ4v) is 5.98. The van der Waals surface area contributed by atoms with Gasteiger partial charge in [-0.15, -0.1) is 0 Å². The average molecular weight is 622 g/mol. The lowest BCUT2D eigenvalue weighted by molar-refractivity contribution is -0.260. The first kappa shape index (κ1) is 30.3. The third-order valence-corrected chi connectivity index (χ3v) is 7.97. The zero-order valence-corrected chi connectivity index (χ0v) is 23.4. The van der Waals surface area contributed by atoms with Crippen molar-refractivity contribution in [3.8, 4) is 5.75 Å². The van der Waals surface area contributed by atoms with Crippen molar-refractivity contribution in [3.05, 3.63) is 46.5 Å². The number of carboxylic acids is 1. The normalized spacial score (nSPS) is 25.6. The lowest BCUT2D eigenvalue weighted by atomic mass is 10.1. The Morgan fingerprint density at radius 1 is 1.28 bits per heavy atom. The van der Waals surface area contributed by atoms with E-state index in [4.69, 9.17) is 39.6 Å². The summed E-state index contributed by atoms with van der Waals surface area (Å²) < 4.78 is 34.2. The Kier molecular flexibility index (Phi) is 8.59. The fraction of sp³-hybridized carbons (Fsp3) is 0.417. The molecule has 4 heterocycles. The number of imidazole rings is 1. The van der Waals surface area contributed by atoms with Gasteiger partial charge in [0.25, 0.3) is 5.56 Å². The lowest BCUT2D eigenvalue weighted by Gasteiger charge is -2.34. The van der Waals surface area contributed by atoms with E-state index in [1.54, 1.807) is 12.1 Å². The number of hydrogen-bond donors (Lipinski definition) is 4. The highest BCUT2D eigenvalue weighted by Gasteiger charge is 2.59. The van der Waals surface area contributed by atoms with Crippen LogP contribution in [-0.4, -0.2) is 80.6 Å². The fourth-order valence-electron chi connectivity index (χ4n) is 4.56. The smallest absolute Gasteiger partial charge is 0.429 e. The van der Waals surface area contributed by atoms with Gasteiger partial charge >= 0.3 is 26.1 Å². The number of aromatic nitrogens is 4. The highest BCUT2D eigenvalue weighted by atomic mass is 31.2. The SMILES string of the molecule is COC(=O)[C@@H](N)Cc1ccc(O[P+]2([O-])OC[C@H]3O[C@@H](n4cnc5c(=O)[nH]c(N)nc54)[C@H](OC(=O)CCC(=O)O)[C@@H]3O2)cc1. The highest BCUT2D eigenvalue weighted by Crippen LogP contribution is 2.60. The van der Waals surface area contributed by atoms with Crippen molar-refractivity contribution in [1.29, 1.82) is 0 Å². The summed E-state index contributed by atoms with van der Waals surface area (Å²) in [6, 6.07) is 5.27. The van der Waals surface area contributed by atoms with Gasteiger partial charge in [-0.1, -0.05) is 12.1 Å². The number of aliphatic carboxylic acids is 1. The van der Waals surface area contributed by atoms with Gasteiger partial charge in [0.05, 0.1) is 26.3 Å². The summed E-state index contributed by atoms with van der Waals surface area (Å²) in [6.07, 6.45) is -4.26. The van der Waals surface area contributed by atoms with Crippen molar-refractivity contribution in [2.45, 2.75) is 49.8 Å². The van der Waals surface area contributed by atoms with E-state index < -0.39 is 75.1 Å². The summed E-state index contributed by atoms with van der Waals surface area (Å²) in [5, 5.41) is 8.97. The number of hydrogen-bond acceptors (Lipinski definition) is 15. The predicted molar refractivity (Wildman–Crippen MR) is 142 cm³/mol. The molecule has 0 saturated carbocycles. The number of H-pyrrole nitrogens is 1. The number of nitrogens with zero attached hydrogens (tertiary/aromatic N) is 3. The second-order valence-electron chi connectivity index (χ2n) is 9.57. The maximum Gasteiger partial charge on any atom is 0.429 e. The molecule has 0 radical (unpaired) electrons. The molecule has 0 spiro atoms. The van der Waals surface area contributed by atoms with Gasteiger partial charge in [0.1, 0.15) is 18.8 Å². The van der Waals surface area contributed by atoms with Crippen LogP contribution in [0.2, 0.25) is 0 Å². The molecule has 0 amide bonds. The van der Waals surface area contributed by atoms with Crippen LogP contribution in [0.15, 0.2) is 35.4 Å². The number of nitrogen functional groups attached to an aromatic ring is 1. The molecule has 2 aliphatic heterocycles. The molecule has 2 aliphatic rings. The molecule has 18 nitrogen and oxygen atoms in total. The van der Waals surface area contributed by atoms with Gasteiger partial charge in [0.15, 0.2) is 35.3 Å². The standard InChI is InChI=1S/C24H27N6O12P/c1-37-23(35)13(25)8-11-2-4-12(5-3-11)41-43(36)38-9-14-18(42-43)19(40-16(33)7-6-15(31)32)22(39-14)30-10-27-17-20(30)28-24(26)29-21(17)34/h2-5,10,13-14,18-19,22H,6-9,25H2,1H3,(H,31,32)(H3,26,28,29,34)/t13-,14+,18+,19+,22+,43?/m0/s1. The molecule has 19 heteroatoms. The van der Waals surface area contributed by atoms with Crippen LogP contribution in [0.5, 0.6) is 5.75 Å². The minimum absolute atomic E-state index is 0.00356. The van der Waals surface area contributed by atoms with Gasteiger partial charge in [-0.25, -0.2) is 4.98 Å². The molecular weight excluding hydrogens is 595 g/mol. The van der Waals surface area contributed by atoms with Crippen LogP contribution in [-0.2, 0) is 44.1 Å². The zero-order chi connectivity index (χ0) is 30.9. The second kappa shape index (κ2) is 12.2. The number of methoxy groups -OCH3 is 1. The van der Waals surface area contributed by atoms with Crippen molar-refractivity contribution in [2.75, 3.05) is 19.5 Å². The van der Waals surface area contributed by atoms with Gasteiger partial charge in [-0.3, -0.25) is 33.3 Å². The Morgan fingerprint density at radius 2 is 2.02 bits per heavy atom. The predicted octanol–water partition coefficient (Wildman–Crippen LogP) is -1.05. The van der Waals surface area contributed by atoms with Crippen LogP contribution in [0, 0.1) is 0 Å². The van der Waals surface area contributed by atoms with Gasteiger partial charge in [-0.05, 0) is 24.1 Å². The van der Waals surface area contributed by atoms with Crippen LogP contribution in [0.4, 0.5) is 5.95 Å². The Bertz CT molecular complexity index is 1580. The van der Waals surface area contributed by atoms with Crippen LogP contribution >= 0.6 is 8.17 Å². The number of nitrogens with two attached hydrogens (primary N) is 2. The van der Waals surface area contributed by atoms with E-state index in [0.717, 1.165) is 0 Å². The minimum Gasteiger partial charge on any atom is -0.598 e. The van der Waals surface area contributed by atoms with E-state index in [-0.39, 0.29) is 35.9 Å². The van der Waals surface area contributed by atoms with E-state index in [1.807, 2.05) is 0 Å². The van der Waals surface area contributed by atoms with Crippen molar-refractivity contribution in [1.82, 2.24) is 19.5 Å². The molecule has 0 bridgehead atoms. The number of aromatic amines is 1. The molecule has 2 aromatic heterocycles. The Morgan fingerprint density at radius 3 is 2.72 bits per heavy atom. The highest BCUT2D eigenvalue weighted by molar-refractivity contribution is 7.54. The molecule has 6 atom stereocenters. The van der Waals surface area contributed by atoms with Gasteiger partial charge in [0, 0.05) is 0 Å². The molecule has 0 aliphatic carbocycles. The van der Waals surface area contributed by atoms with E-state index >= 15 is 0 Å². The molecule has 6 N–H and O–H groups in total. The zero-order valence-electron chi connectivity index (χ0n) is 22.5. The first-order chi connectivity index (χ1) is 20.5. The summed E-state index contributed by atoms with van der Waals surface area (Å²) in [6.45, 7) is -0.309. The third kappa shape index (κ3) is 6.58. The molecule has 43 heavy (non-hydrogen) atoms. The molecule has 2 saturated heterocycles. The van der Waals surface area contributed by atoms with Crippen LogP contribution in [0.25, 0.3) is 11.2 Å². The van der Waals surface area contributed by atoms with Gasteiger partial charge in [0.2, 0.25) is 5.95 Å². The number of nitrogens with one attached hydrogen (secondary N) is 1. The Balaban J connectivity index is 1.37. The molecule has 1 aromatic carbocycles. The molecule has 5 rings (SSSR count). The number of phosphoric acid groups is 1. The number of esters is 2. The molecule has 230 valence electrons. The number of benzene rings is 1.